The molecule has 5 unspecified atom stereocenters. The summed E-state index contributed by atoms with van der Waals surface area (Å²) in [6.45, 7) is 2.02. The molecule has 2 heterocycles. The van der Waals surface area contributed by atoms with E-state index in [2.05, 4.69) is 25.8 Å². The molecule has 3 rings (SSSR count). The molecule has 1 aromatic rings. The number of hydrogen-bond acceptors (Lipinski definition) is 10. The smallest absolute Gasteiger partial charge is 0.315 e. The number of thioether (sulfide) groups is 1. The number of nitro groups is 1. The zero-order chi connectivity index (χ0) is 30.7. The Morgan fingerprint density at radius 3 is 2.57 bits per heavy atom. The molecule has 234 valence electrons. The van der Waals surface area contributed by atoms with E-state index in [0.29, 0.717) is 30.2 Å². The van der Waals surface area contributed by atoms with Gasteiger partial charge in [0.05, 0.1) is 28.7 Å². The molecule has 0 saturated carbocycles. The van der Waals surface area contributed by atoms with Crippen LogP contribution in [0.1, 0.15) is 75.5 Å². The second-order valence-electron chi connectivity index (χ2n) is 10.3. The van der Waals surface area contributed by atoms with Gasteiger partial charge in [-0.3, -0.25) is 24.3 Å². The van der Waals surface area contributed by atoms with Gasteiger partial charge in [0.15, 0.2) is 0 Å². The molecule has 0 bridgehead atoms. The number of hydrogen-bond donors (Lipinski definition) is 4. The molecule has 2 aliphatic heterocycles. The molecule has 0 aliphatic carbocycles. The van der Waals surface area contributed by atoms with E-state index in [9.17, 15) is 34.0 Å². The molecule has 0 radical (unpaired) electrons. The van der Waals surface area contributed by atoms with Gasteiger partial charge in [0.25, 0.3) is 13.5 Å². The second-order valence-corrected chi connectivity index (χ2v) is 13.1. The minimum absolute atomic E-state index is 0.0167. The third-order valence-electron chi connectivity index (χ3n) is 7.21. The molecule has 16 heteroatoms. The topological polar surface area (TPSA) is 201 Å². The van der Waals surface area contributed by atoms with E-state index < -0.39 is 18.8 Å². The van der Waals surface area contributed by atoms with Gasteiger partial charge >= 0.3 is 6.03 Å². The number of nitrogens with zero attached hydrogens (tertiary/aromatic N) is 1. The Morgan fingerprint density at radius 2 is 1.86 bits per heavy atom. The van der Waals surface area contributed by atoms with Crippen molar-refractivity contribution in [3.05, 3.63) is 39.4 Å². The quantitative estimate of drug-likeness (QED) is 0.0616. The molecule has 0 aromatic heterocycles. The van der Waals surface area contributed by atoms with Gasteiger partial charge in [-0.25, -0.2) is 4.79 Å². The first-order valence-electron chi connectivity index (χ1n) is 14.0. The zero-order valence-corrected chi connectivity index (χ0v) is 25.5. The first-order valence-corrected chi connectivity index (χ1v) is 16.5. The summed E-state index contributed by atoms with van der Waals surface area (Å²) in [6, 6.07) is 4.47. The van der Waals surface area contributed by atoms with Crippen molar-refractivity contribution in [1.29, 1.82) is 0 Å². The minimum atomic E-state index is -4.61. The van der Waals surface area contributed by atoms with Gasteiger partial charge in [0.1, 0.15) is 0 Å². The average molecular weight is 629 g/mol. The van der Waals surface area contributed by atoms with Crippen molar-refractivity contribution in [2.75, 3.05) is 19.4 Å². The van der Waals surface area contributed by atoms with E-state index in [1.807, 2.05) is 11.8 Å². The van der Waals surface area contributed by atoms with Crippen LogP contribution in [0.5, 0.6) is 0 Å². The molecule has 2 aliphatic rings. The molecular formula is C26H39N5O9PS-. The normalized spacial score (nSPS) is 21.5. The highest BCUT2D eigenvalue weighted by Gasteiger charge is 2.42. The van der Waals surface area contributed by atoms with Crippen molar-refractivity contribution >= 4 is 43.1 Å². The summed E-state index contributed by atoms with van der Waals surface area (Å²) in [5.41, 5.74) is 0.290. The van der Waals surface area contributed by atoms with Crippen LogP contribution in [0.4, 0.5) is 10.5 Å². The Kier molecular flexibility index (Phi) is 13.1. The number of carbonyl (C=O) groups is 3. The predicted octanol–water partition coefficient (Wildman–Crippen LogP) is 2.81. The van der Waals surface area contributed by atoms with Gasteiger partial charge in [0.2, 0.25) is 11.8 Å². The van der Waals surface area contributed by atoms with E-state index in [1.54, 1.807) is 0 Å². The van der Waals surface area contributed by atoms with Gasteiger partial charge in [0, 0.05) is 50.1 Å². The van der Waals surface area contributed by atoms with E-state index in [0.717, 1.165) is 45.0 Å². The summed E-state index contributed by atoms with van der Waals surface area (Å²) in [7, 11) is -3.68. The lowest BCUT2D eigenvalue weighted by atomic mass is 10.0. The van der Waals surface area contributed by atoms with Gasteiger partial charge in [-0.05, 0) is 44.2 Å². The van der Waals surface area contributed by atoms with E-state index in [-0.39, 0.29) is 54.1 Å². The Bertz CT molecular complexity index is 1170. The highest BCUT2D eigenvalue weighted by Crippen LogP contribution is 2.44. The van der Waals surface area contributed by atoms with Crippen molar-refractivity contribution in [1.82, 2.24) is 21.3 Å². The van der Waals surface area contributed by atoms with Crippen LogP contribution in [-0.2, 0) is 29.7 Å². The Labute approximate surface area is 249 Å². The molecule has 2 fully saturated rings. The molecule has 42 heavy (non-hydrogen) atoms. The summed E-state index contributed by atoms with van der Waals surface area (Å²) in [5, 5.41) is 23.4. The summed E-state index contributed by atoms with van der Waals surface area (Å²) in [6.07, 6.45) is 4.46. The van der Waals surface area contributed by atoms with Crippen molar-refractivity contribution in [2.24, 2.45) is 0 Å². The van der Waals surface area contributed by atoms with Crippen LogP contribution >= 0.6 is 19.6 Å². The van der Waals surface area contributed by atoms with Crippen molar-refractivity contribution in [3.63, 3.8) is 0 Å². The number of phosphoric ester groups is 1. The molecular weight excluding hydrogens is 589 g/mol. The Hall–Kier alpha value is -2.71. The third-order valence-corrected chi connectivity index (χ3v) is 9.74. The lowest BCUT2D eigenvalue weighted by Crippen LogP contribution is -2.36. The van der Waals surface area contributed by atoms with Crippen LogP contribution in [0.25, 0.3) is 0 Å². The van der Waals surface area contributed by atoms with Crippen LogP contribution in [0.3, 0.4) is 0 Å². The fourth-order valence-corrected chi connectivity index (χ4v) is 7.10. The minimum Gasteiger partial charge on any atom is -0.756 e. The molecule has 4 N–H and O–H groups in total. The lowest BCUT2D eigenvalue weighted by Gasteiger charge is -2.24. The maximum absolute atomic E-state index is 12.3. The maximum atomic E-state index is 12.3. The third kappa shape index (κ3) is 10.5. The lowest BCUT2D eigenvalue weighted by molar-refractivity contribution is -0.386. The van der Waals surface area contributed by atoms with Crippen LogP contribution in [0.15, 0.2) is 18.2 Å². The monoisotopic (exact) mass is 628 g/mol. The standard InChI is InChI=1S/C26H40N5O9PS/c1-17(40-41(37,38)39-2)19-14-18(11-12-21(19)31(35)36)15-28-24(33)9-4-3-7-13-27-23(32)10-6-5-8-22-25-20(16-42-22)29-26(34)30-25/h11-12,14,17,20,22,25H,3-10,13,15-16H2,1-2H3,(H,27,32)(H,28,33)(H,37,38)(H2,29,30,34)/p-1. The van der Waals surface area contributed by atoms with Gasteiger partial charge in [-0.1, -0.05) is 18.9 Å². The average Bonchev–Trinajstić information content (AvgIpc) is 3.50. The molecule has 2 saturated heterocycles. The van der Waals surface area contributed by atoms with Crippen LogP contribution in [0, 0.1) is 10.1 Å². The number of phosphoric acid groups is 1. The number of unbranched alkanes of at least 4 members (excludes halogenated alkanes) is 3. The summed E-state index contributed by atoms with van der Waals surface area (Å²) in [5.74, 6) is 0.756. The zero-order valence-electron chi connectivity index (χ0n) is 23.8. The maximum Gasteiger partial charge on any atom is 0.315 e. The first kappa shape index (κ1) is 33.8. The van der Waals surface area contributed by atoms with E-state index >= 15 is 0 Å². The molecule has 1 aromatic carbocycles. The highest BCUT2D eigenvalue weighted by molar-refractivity contribution is 8.00. The number of amides is 4. The number of urea groups is 1. The molecule has 14 nitrogen and oxygen atoms in total. The number of benzene rings is 1. The largest absolute Gasteiger partial charge is 0.756 e. The van der Waals surface area contributed by atoms with Crippen molar-refractivity contribution < 1.29 is 37.8 Å². The number of fused-ring (bicyclic) bond motifs is 1. The van der Waals surface area contributed by atoms with Gasteiger partial charge in [-0.2, -0.15) is 11.8 Å². The highest BCUT2D eigenvalue weighted by atomic mass is 32.2. The first-order chi connectivity index (χ1) is 20.0. The number of nitro benzene ring substituents is 1. The molecule has 4 amide bonds. The SMILES string of the molecule is COP(=O)([O-])OC(C)c1cc(CNC(=O)CCCCCNC(=O)CCCCC2SCC3NC(=O)NC32)ccc1[N+](=O)[O-]. The van der Waals surface area contributed by atoms with Crippen molar-refractivity contribution in [3.8, 4) is 0 Å². The number of carbonyl (C=O) groups excluding carboxylic acids is 3. The van der Waals surface area contributed by atoms with Gasteiger partial charge < -0.3 is 35.2 Å². The van der Waals surface area contributed by atoms with Crippen LogP contribution in [-0.4, -0.2) is 59.5 Å². The fraction of sp³-hybridized carbons (Fsp3) is 0.654. The van der Waals surface area contributed by atoms with Crippen molar-refractivity contribution in [2.45, 2.75) is 88.3 Å². The number of rotatable bonds is 18. The Morgan fingerprint density at radius 1 is 1.14 bits per heavy atom. The Balaban J connectivity index is 1.26. The summed E-state index contributed by atoms with van der Waals surface area (Å²) in [4.78, 5) is 58.2. The summed E-state index contributed by atoms with van der Waals surface area (Å²) < 4.78 is 20.7. The second kappa shape index (κ2) is 16.2. The van der Waals surface area contributed by atoms with Crippen LogP contribution in [0.2, 0.25) is 0 Å². The fourth-order valence-electron chi connectivity index (χ4n) is 4.97. The predicted molar refractivity (Wildman–Crippen MR) is 154 cm³/mol. The van der Waals surface area contributed by atoms with Gasteiger partial charge in [-0.15, -0.1) is 0 Å². The van der Waals surface area contributed by atoms with Crippen LogP contribution < -0.4 is 26.2 Å². The summed E-state index contributed by atoms with van der Waals surface area (Å²) >= 11 is 1.87. The number of nitrogens with one attached hydrogen (secondary N) is 4. The molecule has 5 atom stereocenters. The van der Waals surface area contributed by atoms with E-state index in [1.165, 1.54) is 25.1 Å². The molecule has 0 spiro atoms. The van der Waals surface area contributed by atoms with E-state index in [4.69, 9.17) is 4.52 Å².